The van der Waals surface area contributed by atoms with Crippen molar-refractivity contribution in [2.45, 2.75) is 0 Å². The minimum atomic E-state index is -2.22. The molecule has 0 aliphatic carbocycles. The van der Waals surface area contributed by atoms with E-state index in [9.17, 15) is 4.57 Å². The Labute approximate surface area is 62.5 Å². The van der Waals surface area contributed by atoms with Gasteiger partial charge in [-0.05, 0) is 0 Å². The van der Waals surface area contributed by atoms with E-state index < -0.39 is 8.18 Å². The molecule has 0 spiro atoms. The average Bonchev–Trinajstić information content (AvgIpc) is 1.59. The number of likely N-dealkylation sites (N-methyl/N-ethyl adjacent to an activating group) is 1. The first-order chi connectivity index (χ1) is 4.42. The third-order valence-corrected chi connectivity index (χ3v) is 1.50. The van der Waals surface area contributed by atoms with Crippen LogP contribution < -0.4 is 5.50 Å². The molecule has 0 saturated heterocycles. The van der Waals surface area contributed by atoms with E-state index in [2.05, 4.69) is 0 Å². The lowest BCUT2D eigenvalue weighted by atomic mass is 10.5. The van der Waals surface area contributed by atoms with E-state index in [0.29, 0.717) is 6.61 Å². The summed E-state index contributed by atoms with van der Waals surface area (Å²) in [5.41, 5.74) is 4.94. The topological polar surface area (TPSA) is 52.3 Å². The van der Waals surface area contributed by atoms with Gasteiger partial charge in [-0.3, -0.25) is 10.1 Å². The molecule has 0 aromatic carbocycles. The van der Waals surface area contributed by atoms with Gasteiger partial charge in [0.2, 0.25) is 0 Å². The van der Waals surface area contributed by atoms with Crippen LogP contribution in [0.1, 0.15) is 0 Å². The van der Waals surface area contributed by atoms with Crippen LogP contribution in [0, 0.1) is 0 Å². The van der Waals surface area contributed by atoms with Crippen molar-refractivity contribution in [1.29, 1.82) is 0 Å². The second-order valence-electron chi connectivity index (χ2n) is 3.18. The van der Waals surface area contributed by atoms with Crippen LogP contribution in [0.5, 0.6) is 0 Å². The van der Waals surface area contributed by atoms with Gasteiger partial charge in [0.25, 0.3) is 8.18 Å². The fourth-order valence-electron chi connectivity index (χ4n) is 0.420. The molecule has 0 heterocycles. The summed E-state index contributed by atoms with van der Waals surface area (Å²) in [5.74, 6) is 0. The van der Waals surface area contributed by atoms with Crippen molar-refractivity contribution in [1.82, 2.24) is 0 Å². The van der Waals surface area contributed by atoms with Crippen molar-refractivity contribution in [2.75, 3.05) is 34.3 Å². The van der Waals surface area contributed by atoms with Gasteiger partial charge in [0.1, 0.15) is 13.2 Å². The molecule has 1 atom stereocenters. The maximum Gasteiger partial charge on any atom is 0.255 e. The SMILES string of the molecule is C[N+](C)(C)CCO[PH](N)=O. The van der Waals surface area contributed by atoms with E-state index in [1.165, 1.54) is 0 Å². The Balaban J connectivity index is 3.29. The molecular formula is C5H16N2O2P+. The first-order valence-corrected chi connectivity index (χ1v) is 4.54. The molecule has 0 radical (unpaired) electrons. The highest BCUT2D eigenvalue weighted by Crippen LogP contribution is 2.08. The molecule has 0 aliphatic heterocycles. The summed E-state index contributed by atoms with van der Waals surface area (Å²) in [4.78, 5) is 0. The van der Waals surface area contributed by atoms with Crippen LogP contribution in [0.4, 0.5) is 0 Å². The Hall–Kier alpha value is 0.110. The smallest absolute Gasteiger partial charge is 0.255 e. The van der Waals surface area contributed by atoms with E-state index in [1.807, 2.05) is 21.1 Å². The number of nitrogens with two attached hydrogens (primary N) is 1. The zero-order valence-electron chi connectivity index (χ0n) is 6.76. The van der Waals surface area contributed by atoms with Gasteiger partial charge in [0.15, 0.2) is 0 Å². The zero-order chi connectivity index (χ0) is 8.20. The Morgan fingerprint density at radius 3 is 2.30 bits per heavy atom. The molecule has 5 heteroatoms. The molecule has 4 nitrogen and oxygen atoms in total. The summed E-state index contributed by atoms with van der Waals surface area (Å²) in [6.07, 6.45) is 0. The molecule has 0 amide bonds. The lowest BCUT2D eigenvalue weighted by molar-refractivity contribution is -0.870. The summed E-state index contributed by atoms with van der Waals surface area (Å²) < 4.78 is 15.8. The van der Waals surface area contributed by atoms with Crippen LogP contribution in [0.25, 0.3) is 0 Å². The third-order valence-electron chi connectivity index (χ3n) is 1.01. The van der Waals surface area contributed by atoms with Crippen molar-refractivity contribution in [2.24, 2.45) is 5.50 Å². The number of hydrogen-bond acceptors (Lipinski definition) is 2. The fraction of sp³-hybridized carbons (Fsp3) is 1.00. The summed E-state index contributed by atoms with van der Waals surface area (Å²) in [6, 6.07) is 0. The van der Waals surface area contributed by atoms with E-state index in [-0.39, 0.29) is 0 Å². The monoisotopic (exact) mass is 167 g/mol. The predicted molar refractivity (Wildman–Crippen MR) is 42.0 cm³/mol. The van der Waals surface area contributed by atoms with Gasteiger partial charge in [-0.15, -0.1) is 0 Å². The summed E-state index contributed by atoms with van der Waals surface area (Å²) >= 11 is 0. The van der Waals surface area contributed by atoms with Crippen LogP contribution in [0.3, 0.4) is 0 Å². The maximum atomic E-state index is 10.3. The van der Waals surface area contributed by atoms with Crippen LogP contribution in [0.2, 0.25) is 0 Å². The van der Waals surface area contributed by atoms with Crippen molar-refractivity contribution < 1.29 is 13.6 Å². The fourth-order valence-corrected chi connectivity index (χ4v) is 0.713. The van der Waals surface area contributed by atoms with Gasteiger partial charge in [-0.1, -0.05) is 0 Å². The van der Waals surface area contributed by atoms with Crippen LogP contribution in [0.15, 0.2) is 0 Å². The number of nitrogens with zero attached hydrogens (tertiary/aromatic N) is 1. The molecular weight excluding hydrogens is 151 g/mol. The van der Waals surface area contributed by atoms with Crippen molar-refractivity contribution in [3.8, 4) is 0 Å². The van der Waals surface area contributed by atoms with Gasteiger partial charge < -0.3 is 9.01 Å². The highest BCUT2D eigenvalue weighted by Gasteiger charge is 2.05. The molecule has 0 aromatic rings. The van der Waals surface area contributed by atoms with Crippen LogP contribution in [-0.4, -0.2) is 38.8 Å². The van der Waals surface area contributed by atoms with Gasteiger partial charge in [-0.2, -0.15) is 0 Å². The lowest BCUT2D eigenvalue weighted by Gasteiger charge is -2.23. The zero-order valence-corrected chi connectivity index (χ0v) is 7.76. The molecule has 2 N–H and O–H groups in total. The van der Waals surface area contributed by atoms with Gasteiger partial charge in [0.05, 0.1) is 21.1 Å². The average molecular weight is 167 g/mol. The molecule has 0 aromatic heterocycles. The molecule has 0 bridgehead atoms. The highest BCUT2D eigenvalue weighted by atomic mass is 31.1. The quantitative estimate of drug-likeness (QED) is 0.475. The standard InChI is InChI=1S/C5H16N2O2P/c1-7(2,3)4-5-9-10(6)8/h10H,4-5H2,1-3H3,(H2,6,8)/q+1. The first-order valence-electron chi connectivity index (χ1n) is 3.14. The van der Waals surface area contributed by atoms with Crippen molar-refractivity contribution >= 4 is 8.18 Å². The highest BCUT2D eigenvalue weighted by molar-refractivity contribution is 7.36. The minimum Gasteiger partial charge on any atom is -0.329 e. The van der Waals surface area contributed by atoms with E-state index >= 15 is 0 Å². The van der Waals surface area contributed by atoms with E-state index in [0.717, 1.165) is 11.0 Å². The molecule has 0 saturated carbocycles. The normalized spacial score (nSPS) is 15.2. The second-order valence-corrected chi connectivity index (χ2v) is 4.11. The number of hydrogen-bond donors (Lipinski definition) is 1. The summed E-state index contributed by atoms with van der Waals surface area (Å²) in [7, 11) is 3.90. The molecule has 0 aliphatic rings. The Morgan fingerprint density at radius 2 is 2.00 bits per heavy atom. The predicted octanol–water partition coefficient (Wildman–Crippen LogP) is 0.0576. The van der Waals surface area contributed by atoms with Gasteiger partial charge >= 0.3 is 0 Å². The van der Waals surface area contributed by atoms with Crippen molar-refractivity contribution in [3.63, 3.8) is 0 Å². The van der Waals surface area contributed by atoms with Crippen LogP contribution in [-0.2, 0) is 9.09 Å². The Morgan fingerprint density at radius 1 is 1.50 bits per heavy atom. The third kappa shape index (κ3) is 8.11. The number of quaternary nitrogens is 1. The molecule has 10 heavy (non-hydrogen) atoms. The Bertz CT molecular complexity index is 121. The van der Waals surface area contributed by atoms with Crippen LogP contribution >= 0.6 is 8.18 Å². The summed E-state index contributed by atoms with van der Waals surface area (Å²) in [5, 5.41) is 0. The Kier molecular flexibility index (Phi) is 4.13. The van der Waals surface area contributed by atoms with E-state index in [4.69, 9.17) is 10.0 Å². The molecule has 0 fully saturated rings. The first kappa shape index (κ1) is 10.1. The maximum absolute atomic E-state index is 10.3. The molecule has 62 valence electrons. The second kappa shape index (κ2) is 4.09. The number of rotatable bonds is 4. The van der Waals surface area contributed by atoms with Gasteiger partial charge in [0, 0.05) is 0 Å². The molecule has 0 rings (SSSR count). The van der Waals surface area contributed by atoms with E-state index in [1.54, 1.807) is 0 Å². The molecule has 1 unspecified atom stereocenters. The minimum absolute atomic E-state index is 0.470. The largest absolute Gasteiger partial charge is 0.329 e. The lowest BCUT2D eigenvalue weighted by Crippen LogP contribution is -2.37. The van der Waals surface area contributed by atoms with Crippen molar-refractivity contribution in [3.05, 3.63) is 0 Å². The van der Waals surface area contributed by atoms with Gasteiger partial charge in [-0.25, -0.2) is 0 Å². The summed E-state index contributed by atoms with van der Waals surface area (Å²) in [6.45, 7) is 1.30.